The van der Waals surface area contributed by atoms with Crippen molar-refractivity contribution in [3.63, 3.8) is 0 Å². The quantitative estimate of drug-likeness (QED) is 0.713. The van der Waals surface area contributed by atoms with Gasteiger partial charge in [0.05, 0.1) is 51.4 Å². The third-order valence-electron chi connectivity index (χ3n) is 4.82. The van der Waals surface area contributed by atoms with Crippen molar-refractivity contribution in [1.29, 1.82) is 0 Å². The number of nitrogens with zero attached hydrogens (tertiary/aromatic N) is 2. The molecule has 0 unspecified atom stereocenters. The van der Waals surface area contributed by atoms with Gasteiger partial charge in [0.1, 0.15) is 4.83 Å². The van der Waals surface area contributed by atoms with Gasteiger partial charge in [0.15, 0.2) is 0 Å². The van der Waals surface area contributed by atoms with E-state index in [-0.39, 0.29) is 30.0 Å². The van der Waals surface area contributed by atoms with Crippen molar-refractivity contribution >= 4 is 21.6 Å². The van der Waals surface area contributed by atoms with Crippen LogP contribution >= 0.6 is 11.3 Å². The van der Waals surface area contributed by atoms with Crippen molar-refractivity contribution in [2.45, 2.75) is 52.0 Å². The highest BCUT2D eigenvalue weighted by atomic mass is 32.1. The van der Waals surface area contributed by atoms with Gasteiger partial charge in [-0.05, 0) is 19.4 Å². The van der Waals surface area contributed by atoms with Crippen molar-refractivity contribution < 1.29 is 14.7 Å². The number of fused-ring (bicyclic) bond motifs is 3. The number of aryl methyl sites for hydroxylation is 1. The topological polar surface area (TPSA) is 77.9 Å². The monoisotopic (exact) mass is 382 g/mol. The van der Waals surface area contributed by atoms with E-state index in [2.05, 4.69) is 14.1 Å². The number of rotatable bonds is 6. The molecule has 2 aromatic rings. The maximum Gasteiger partial charge on any atom is 0.332 e. The number of quaternary nitrogens is 1. The molecular weight excluding hydrogens is 354 g/mol. The molecule has 2 aromatic heterocycles. The van der Waals surface area contributed by atoms with Crippen molar-refractivity contribution in [2.24, 2.45) is 0 Å². The van der Waals surface area contributed by atoms with E-state index in [1.165, 1.54) is 20.8 Å². The van der Waals surface area contributed by atoms with Crippen molar-refractivity contribution in [1.82, 2.24) is 9.13 Å². The number of ether oxygens (including phenoxy) is 1. The highest BCUT2D eigenvalue weighted by Crippen LogP contribution is 2.37. The van der Waals surface area contributed by atoms with Crippen LogP contribution in [-0.2, 0) is 30.9 Å². The van der Waals surface area contributed by atoms with Crippen LogP contribution in [0.5, 0.6) is 0 Å². The standard InChI is InChI=1S/C18H27N3O4S/c1-18(2)10-12-13(11-25-18)26-16-14(12)15(23)20(8-9-22)17(24)21(16)7-5-6-19(3)4/h22H,5-11H2,1-4H3/p+1. The molecule has 3 rings (SSSR count). The van der Waals surface area contributed by atoms with Gasteiger partial charge in [-0.3, -0.25) is 13.9 Å². The fraction of sp³-hybridized carbons (Fsp3) is 0.667. The minimum absolute atomic E-state index is 0.0249. The molecule has 0 saturated carbocycles. The van der Waals surface area contributed by atoms with Gasteiger partial charge >= 0.3 is 5.69 Å². The molecule has 0 fully saturated rings. The van der Waals surface area contributed by atoms with E-state index in [0.29, 0.717) is 25.0 Å². The van der Waals surface area contributed by atoms with E-state index in [9.17, 15) is 14.7 Å². The Balaban J connectivity index is 2.20. The summed E-state index contributed by atoms with van der Waals surface area (Å²) in [6.07, 6.45) is 1.50. The Morgan fingerprint density at radius 1 is 1.23 bits per heavy atom. The molecule has 7 nitrogen and oxygen atoms in total. The van der Waals surface area contributed by atoms with Gasteiger partial charge in [0, 0.05) is 24.3 Å². The summed E-state index contributed by atoms with van der Waals surface area (Å²) in [7, 11) is 4.16. The molecule has 1 aliphatic rings. The predicted molar refractivity (Wildman–Crippen MR) is 102 cm³/mol. The van der Waals surface area contributed by atoms with E-state index in [0.717, 1.165) is 28.2 Å². The maximum absolute atomic E-state index is 13.0. The van der Waals surface area contributed by atoms with Crippen LogP contribution in [0.3, 0.4) is 0 Å². The highest BCUT2D eigenvalue weighted by Gasteiger charge is 2.31. The van der Waals surface area contributed by atoms with E-state index in [4.69, 9.17) is 4.74 Å². The first-order valence-corrected chi connectivity index (χ1v) is 9.88. The number of nitrogens with one attached hydrogen (secondary N) is 1. The summed E-state index contributed by atoms with van der Waals surface area (Å²) >= 11 is 1.50. The summed E-state index contributed by atoms with van der Waals surface area (Å²) in [5, 5.41) is 9.96. The smallest absolute Gasteiger partial charge is 0.332 e. The SMILES string of the molecule is C[NH+](C)CCCn1c(=O)n(CCO)c(=O)c2c3c(sc21)COC(C)(C)C3. The molecule has 0 radical (unpaired) electrons. The number of thiophene rings is 1. The molecule has 26 heavy (non-hydrogen) atoms. The van der Waals surface area contributed by atoms with Crippen LogP contribution in [0.15, 0.2) is 9.59 Å². The number of hydrogen-bond donors (Lipinski definition) is 2. The Morgan fingerprint density at radius 2 is 1.96 bits per heavy atom. The normalized spacial score (nSPS) is 16.4. The van der Waals surface area contributed by atoms with Gasteiger partial charge < -0.3 is 14.7 Å². The zero-order valence-electron chi connectivity index (χ0n) is 15.9. The summed E-state index contributed by atoms with van der Waals surface area (Å²) in [6, 6.07) is 0. The van der Waals surface area contributed by atoms with Crippen LogP contribution in [0, 0.1) is 0 Å². The summed E-state index contributed by atoms with van der Waals surface area (Å²) in [5.41, 5.74) is 0.0579. The molecule has 0 saturated heterocycles. The van der Waals surface area contributed by atoms with Gasteiger partial charge in [-0.15, -0.1) is 11.3 Å². The molecule has 0 aliphatic carbocycles. The molecule has 1 aliphatic heterocycles. The Bertz CT molecular complexity index is 923. The first kappa shape index (κ1) is 19.3. The van der Waals surface area contributed by atoms with Crippen LogP contribution in [0.2, 0.25) is 0 Å². The lowest BCUT2D eigenvalue weighted by Crippen LogP contribution is -3.05. The predicted octanol–water partition coefficient (Wildman–Crippen LogP) is -0.397. The molecule has 0 amide bonds. The molecule has 3 heterocycles. The minimum atomic E-state index is -0.330. The minimum Gasteiger partial charge on any atom is -0.395 e. The highest BCUT2D eigenvalue weighted by molar-refractivity contribution is 7.18. The molecule has 8 heteroatoms. The number of hydrogen-bond acceptors (Lipinski definition) is 5. The van der Waals surface area contributed by atoms with E-state index in [1.54, 1.807) is 4.57 Å². The third-order valence-corrected chi connectivity index (χ3v) is 6.05. The number of aliphatic hydroxyl groups excluding tert-OH is 1. The Morgan fingerprint density at radius 3 is 2.62 bits per heavy atom. The van der Waals surface area contributed by atoms with Crippen LogP contribution in [-0.4, -0.2) is 47.1 Å². The lowest BCUT2D eigenvalue weighted by molar-refractivity contribution is -0.858. The third kappa shape index (κ3) is 3.51. The lowest BCUT2D eigenvalue weighted by atomic mass is 9.94. The molecule has 144 valence electrons. The van der Waals surface area contributed by atoms with Crippen LogP contribution < -0.4 is 16.1 Å². The molecule has 2 N–H and O–H groups in total. The Hall–Kier alpha value is -1.48. The van der Waals surface area contributed by atoms with E-state index >= 15 is 0 Å². The fourth-order valence-electron chi connectivity index (χ4n) is 3.49. The second kappa shape index (κ2) is 7.26. The average Bonchev–Trinajstić information content (AvgIpc) is 2.91. The number of aliphatic hydroxyl groups is 1. The van der Waals surface area contributed by atoms with Gasteiger partial charge in [-0.1, -0.05) is 0 Å². The molecule has 0 spiro atoms. The van der Waals surface area contributed by atoms with Crippen molar-refractivity contribution in [3.05, 3.63) is 31.3 Å². The number of aromatic nitrogens is 2. The molecule has 0 aromatic carbocycles. The van der Waals surface area contributed by atoms with Gasteiger partial charge in [0.25, 0.3) is 5.56 Å². The summed E-state index contributed by atoms with van der Waals surface area (Å²) in [5.74, 6) is 0. The summed E-state index contributed by atoms with van der Waals surface area (Å²) in [6.45, 7) is 5.80. The zero-order chi connectivity index (χ0) is 19.1. The largest absolute Gasteiger partial charge is 0.395 e. The summed E-state index contributed by atoms with van der Waals surface area (Å²) < 4.78 is 8.79. The second-order valence-electron chi connectivity index (χ2n) is 7.83. The van der Waals surface area contributed by atoms with Crippen molar-refractivity contribution in [2.75, 3.05) is 27.2 Å². The molecular formula is C18H28N3O4S+. The first-order valence-electron chi connectivity index (χ1n) is 9.07. The van der Waals surface area contributed by atoms with Gasteiger partial charge in [-0.25, -0.2) is 4.79 Å². The first-order chi connectivity index (χ1) is 12.2. The van der Waals surface area contributed by atoms with Crippen LogP contribution in [0.4, 0.5) is 0 Å². The fourth-order valence-corrected chi connectivity index (χ4v) is 4.73. The average molecular weight is 383 g/mol. The second-order valence-corrected chi connectivity index (χ2v) is 8.92. The maximum atomic E-state index is 13.0. The summed E-state index contributed by atoms with van der Waals surface area (Å²) in [4.78, 5) is 29.0. The van der Waals surface area contributed by atoms with Crippen LogP contribution in [0.25, 0.3) is 10.2 Å². The lowest BCUT2D eigenvalue weighted by Gasteiger charge is -2.29. The Kier molecular flexibility index (Phi) is 5.39. The van der Waals surface area contributed by atoms with E-state index < -0.39 is 0 Å². The van der Waals surface area contributed by atoms with Gasteiger partial charge in [0.2, 0.25) is 0 Å². The van der Waals surface area contributed by atoms with Crippen LogP contribution in [0.1, 0.15) is 30.7 Å². The van der Waals surface area contributed by atoms with E-state index in [1.807, 2.05) is 13.8 Å². The molecule has 0 atom stereocenters. The van der Waals surface area contributed by atoms with Gasteiger partial charge in [-0.2, -0.15) is 0 Å². The zero-order valence-corrected chi connectivity index (χ0v) is 16.7. The van der Waals surface area contributed by atoms with Crippen molar-refractivity contribution in [3.8, 4) is 0 Å². The Labute approximate surface area is 156 Å². The molecule has 0 bridgehead atoms.